The molecule has 2 saturated heterocycles. The van der Waals surface area contributed by atoms with Crippen molar-refractivity contribution in [2.45, 2.75) is 70.9 Å². The number of hydrogen-bond donors (Lipinski definition) is 2. The fourth-order valence-electron chi connectivity index (χ4n) is 4.27. The van der Waals surface area contributed by atoms with E-state index >= 15 is 0 Å². The van der Waals surface area contributed by atoms with Crippen LogP contribution in [0.2, 0.25) is 0 Å². The number of rotatable bonds is 5. The number of anilines is 2. The van der Waals surface area contributed by atoms with E-state index in [-0.39, 0.29) is 6.10 Å². The lowest BCUT2D eigenvalue weighted by atomic mass is 9.98. The molecule has 0 unspecified atom stereocenters. The average molecular weight is 348 g/mol. The number of hydrogen-bond acceptors (Lipinski definition) is 6. The van der Waals surface area contributed by atoms with E-state index in [9.17, 15) is 5.11 Å². The maximum atomic E-state index is 9.94. The number of aromatic nitrogens is 2. The van der Waals surface area contributed by atoms with Crippen LogP contribution in [0.1, 0.15) is 56.7 Å². The topological polar surface area (TPSA) is 78.5 Å². The maximum absolute atomic E-state index is 9.94. The first-order valence-electron chi connectivity index (χ1n) is 9.88. The van der Waals surface area contributed by atoms with Crippen LogP contribution in [-0.2, 0) is 6.42 Å². The minimum atomic E-state index is -0.142. The Balaban J connectivity index is 1.68. The van der Waals surface area contributed by atoms with Gasteiger partial charge in [-0.3, -0.25) is 4.90 Å². The Bertz CT molecular complexity index is 571. The summed E-state index contributed by atoms with van der Waals surface area (Å²) in [6, 6.07) is 0.588. The number of β-amino-alcohol motifs (C(OH)–C–C–N with tert-alkyl or cyclic N) is 1. The molecule has 1 aromatic rings. The van der Waals surface area contributed by atoms with Crippen molar-refractivity contribution in [1.82, 2.24) is 14.9 Å². The molecule has 1 aromatic heterocycles. The summed E-state index contributed by atoms with van der Waals surface area (Å²) in [6.45, 7) is 8.24. The van der Waals surface area contributed by atoms with Crippen LogP contribution in [0.25, 0.3) is 0 Å². The molecule has 6 nitrogen and oxygen atoms in total. The summed E-state index contributed by atoms with van der Waals surface area (Å²) in [7, 11) is 0. The number of likely N-dealkylation sites (tertiary alicyclic amines) is 1. The van der Waals surface area contributed by atoms with Crippen molar-refractivity contribution in [3.05, 3.63) is 11.3 Å². The highest BCUT2D eigenvalue weighted by atomic mass is 16.3. The summed E-state index contributed by atoms with van der Waals surface area (Å²) in [5, 5.41) is 9.94. The molecule has 2 aliphatic heterocycles. The molecule has 2 fully saturated rings. The van der Waals surface area contributed by atoms with Crippen LogP contribution in [0.15, 0.2) is 0 Å². The zero-order valence-electron chi connectivity index (χ0n) is 15.7. The van der Waals surface area contributed by atoms with Gasteiger partial charge in [-0.25, -0.2) is 4.98 Å². The Morgan fingerprint density at radius 2 is 1.92 bits per heavy atom. The van der Waals surface area contributed by atoms with E-state index in [4.69, 9.17) is 5.73 Å². The molecular weight excluding hydrogens is 314 g/mol. The number of aliphatic hydroxyl groups is 1. The van der Waals surface area contributed by atoms with E-state index in [1.54, 1.807) is 0 Å². The number of nitrogens with zero attached hydrogens (tertiary/aromatic N) is 4. The lowest BCUT2D eigenvalue weighted by Gasteiger charge is -2.42. The second-order valence-corrected chi connectivity index (χ2v) is 7.58. The molecule has 25 heavy (non-hydrogen) atoms. The first-order valence-corrected chi connectivity index (χ1v) is 9.88. The number of nitrogens with two attached hydrogens (primary N) is 1. The molecular formula is C19H33N5O. The number of aryl methyl sites for hydroxylation is 1. The molecule has 0 bridgehead atoms. The van der Waals surface area contributed by atoms with E-state index in [0.717, 1.165) is 76.2 Å². The molecule has 6 heteroatoms. The second-order valence-electron chi connectivity index (χ2n) is 7.58. The molecule has 0 amide bonds. The van der Waals surface area contributed by atoms with Crippen LogP contribution < -0.4 is 10.6 Å². The third kappa shape index (κ3) is 4.42. The maximum Gasteiger partial charge on any atom is 0.222 e. The molecule has 2 aliphatic rings. The molecule has 140 valence electrons. The van der Waals surface area contributed by atoms with Gasteiger partial charge in [0.1, 0.15) is 5.82 Å². The van der Waals surface area contributed by atoms with Crippen molar-refractivity contribution in [3.8, 4) is 0 Å². The van der Waals surface area contributed by atoms with E-state index in [2.05, 4.69) is 33.6 Å². The minimum absolute atomic E-state index is 0.142. The normalized spacial score (nSPS) is 23.2. The summed E-state index contributed by atoms with van der Waals surface area (Å²) < 4.78 is 0. The zero-order valence-corrected chi connectivity index (χ0v) is 15.7. The molecule has 0 radical (unpaired) electrons. The Hall–Kier alpha value is -1.40. The van der Waals surface area contributed by atoms with Crippen LogP contribution in [0, 0.1) is 6.92 Å². The predicted molar refractivity (Wildman–Crippen MR) is 102 cm³/mol. The largest absolute Gasteiger partial charge is 0.392 e. The van der Waals surface area contributed by atoms with Crippen molar-refractivity contribution >= 4 is 11.8 Å². The summed E-state index contributed by atoms with van der Waals surface area (Å²) in [5.74, 6) is 1.43. The van der Waals surface area contributed by atoms with Gasteiger partial charge in [0.2, 0.25) is 5.95 Å². The monoisotopic (exact) mass is 347 g/mol. The minimum Gasteiger partial charge on any atom is -0.392 e. The van der Waals surface area contributed by atoms with Crippen LogP contribution in [0.3, 0.4) is 0 Å². The van der Waals surface area contributed by atoms with Crippen molar-refractivity contribution < 1.29 is 5.11 Å². The van der Waals surface area contributed by atoms with Crippen molar-refractivity contribution in [2.75, 3.05) is 36.8 Å². The highest BCUT2D eigenvalue weighted by molar-refractivity contribution is 5.52. The van der Waals surface area contributed by atoms with E-state index in [0.29, 0.717) is 12.0 Å². The van der Waals surface area contributed by atoms with Crippen LogP contribution >= 0.6 is 0 Å². The molecule has 0 aromatic carbocycles. The smallest absolute Gasteiger partial charge is 0.222 e. The van der Waals surface area contributed by atoms with Gasteiger partial charge in [0, 0.05) is 36.9 Å². The zero-order chi connectivity index (χ0) is 17.8. The summed E-state index contributed by atoms with van der Waals surface area (Å²) in [6.07, 6.45) is 7.53. The van der Waals surface area contributed by atoms with Gasteiger partial charge in [-0.1, -0.05) is 13.3 Å². The SMILES string of the molecule is CCCCc1c(C)nc(N)nc1N1CCC(N2CCC[C@@H](O)C2)CC1. The second kappa shape index (κ2) is 8.32. The average Bonchev–Trinajstić information content (AvgIpc) is 2.60. The molecule has 3 heterocycles. The standard InChI is InChI=1S/C19H33N5O/c1-3-4-7-17-14(2)21-19(20)22-18(17)23-11-8-15(9-12-23)24-10-5-6-16(25)13-24/h15-16,25H,3-13H2,1-2H3,(H2,20,21,22)/t16-/m1/s1. The fourth-order valence-corrected chi connectivity index (χ4v) is 4.27. The van der Waals surface area contributed by atoms with Crippen molar-refractivity contribution in [2.24, 2.45) is 0 Å². The van der Waals surface area contributed by atoms with Gasteiger partial charge in [0.15, 0.2) is 0 Å². The molecule has 3 rings (SSSR count). The molecule has 3 N–H and O–H groups in total. The Morgan fingerprint density at radius 1 is 1.16 bits per heavy atom. The number of piperidine rings is 2. The van der Waals surface area contributed by atoms with Gasteiger partial charge < -0.3 is 15.7 Å². The lowest BCUT2D eigenvalue weighted by Crippen LogP contribution is -2.50. The van der Waals surface area contributed by atoms with Gasteiger partial charge in [-0.15, -0.1) is 0 Å². The molecule has 0 aliphatic carbocycles. The third-order valence-electron chi connectivity index (χ3n) is 5.70. The summed E-state index contributed by atoms with van der Waals surface area (Å²) >= 11 is 0. The Kier molecular flexibility index (Phi) is 6.12. The van der Waals surface area contributed by atoms with Crippen LogP contribution in [-0.4, -0.2) is 58.3 Å². The molecule has 0 spiro atoms. The Labute approximate surface area is 151 Å². The van der Waals surface area contributed by atoms with Crippen LogP contribution in [0.5, 0.6) is 0 Å². The summed E-state index contributed by atoms with van der Waals surface area (Å²) in [4.78, 5) is 13.9. The highest BCUT2D eigenvalue weighted by Gasteiger charge is 2.29. The van der Waals surface area contributed by atoms with Gasteiger partial charge in [0.05, 0.1) is 6.10 Å². The van der Waals surface area contributed by atoms with E-state index < -0.39 is 0 Å². The van der Waals surface area contributed by atoms with Crippen LogP contribution in [0.4, 0.5) is 11.8 Å². The summed E-state index contributed by atoms with van der Waals surface area (Å²) in [5.41, 5.74) is 8.23. The quantitative estimate of drug-likeness (QED) is 0.850. The van der Waals surface area contributed by atoms with Gasteiger partial charge >= 0.3 is 0 Å². The predicted octanol–water partition coefficient (Wildman–Crippen LogP) is 2.14. The highest BCUT2D eigenvalue weighted by Crippen LogP contribution is 2.28. The lowest BCUT2D eigenvalue weighted by molar-refractivity contribution is 0.0398. The van der Waals surface area contributed by atoms with Gasteiger partial charge in [-0.2, -0.15) is 4.98 Å². The third-order valence-corrected chi connectivity index (χ3v) is 5.70. The first-order chi connectivity index (χ1) is 12.1. The van der Waals surface area contributed by atoms with Crippen molar-refractivity contribution in [3.63, 3.8) is 0 Å². The van der Waals surface area contributed by atoms with E-state index in [1.807, 2.05) is 0 Å². The van der Waals surface area contributed by atoms with E-state index in [1.165, 1.54) is 12.0 Å². The van der Waals surface area contributed by atoms with Crippen molar-refractivity contribution in [1.29, 1.82) is 0 Å². The molecule has 0 saturated carbocycles. The van der Waals surface area contributed by atoms with Gasteiger partial charge in [0.25, 0.3) is 0 Å². The van der Waals surface area contributed by atoms with Gasteiger partial charge in [-0.05, 0) is 52.0 Å². The first kappa shape index (κ1) is 18.4. The number of aliphatic hydroxyl groups excluding tert-OH is 1. The number of nitrogen functional groups attached to an aromatic ring is 1. The Morgan fingerprint density at radius 3 is 2.60 bits per heavy atom. The fraction of sp³-hybridized carbons (Fsp3) is 0.789. The molecule has 1 atom stereocenters. The number of unbranched alkanes of at least 4 members (excludes halogenated alkanes) is 1.